The molecular weight excluding hydrogens is 479 g/mol. The van der Waals surface area contributed by atoms with Gasteiger partial charge in [-0.3, -0.25) is 4.90 Å². The maximum atomic E-state index is 13.1. The van der Waals surface area contributed by atoms with E-state index < -0.39 is 26.8 Å². The molecule has 1 saturated heterocycles. The smallest absolute Gasteiger partial charge is 0.416 e. The summed E-state index contributed by atoms with van der Waals surface area (Å²) < 4.78 is 66.1. The lowest BCUT2D eigenvalue weighted by Crippen LogP contribution is -2.35. The summed E-state index contributed by atoms with van der Waals surface area (Å²) in [5, 5.41) is 10.4. The number of phenolic OH excluding ortho intramolecular Hbond substituents is 1. The molecule has 0 radical (unpaired) electrons. The second-order valence-corrected chi connectivity index (χ2v) is 10.1. The van der Waals surface area contributed by atoms with E-state index in [1.165, 1.54) is 4.31 Å². The molecular formula is C22H21ClF3N3O3S. The van der Waals surface area contributed by atoms with Crippen LogP contribution < -0.4 is 0 Å². The lowest BCUT2D eigenvalue weighted by atomic mass is 10.2. The van der Waals surface area contributed by atoms with Gasteiger partial charge in [-0.05, 0) is 43.3 Å². The summed E-state index contributed by atoms with van der Waals surface area (Å²) in [4.78, 5) is 6.24. The molecule has 0 unspecified atom stereocenters. The van der Waals surface area contributed by atoms with Crippen LogP contribution in [-0.4, -0.2) is 53.9 Å². The zero-order valence-corrected chi connectivity index (χ0v) is 19.0. The lowest BCUT2D eigenvalue weighted by molar-refractivity contribution is -0.137. The first-order valence-electron chi connectivity index (χ1n) is 10.2. The minimum absolute atomic E-state index is 0.0934. The van der Waals surface area contributed by atoms with Gasteiger partial charge in [-0.2, -0.15) is 17.5 Å². The fourth-order valence-electron chi connectivity index (χ4n) is 3.86. The van der Waals surface area contributed by atoms with E-state index in [1.807, 2.05) is 18.2 Å². The van der Waals surface area contributed by atoms with Crippen molar-refractivity contribution in [3.63, 3.8) is 0 Å². The number of hydrogen-bond donors (Lipinski definition) is 1. The lowest BCUT2D eigenvalue weighted by Gasteiger charge is -2.22. The summed E-state index contributed by atoms with van der Waals surface area (Å²) in [5.41, 5.74) is 0.250. The molecule has 0 amide bonds. The topological polar surface area (TPSA) is 73.7 Å². The van der Waals surface area contributed by atoms with Crippen molar-refractivity contribution >= 4 is 32.5 Å². The summed E-state index contributed by atoms with van der Waals surface area (Å²) in [5.74, 6) is 0.0934. The van der Waals surface area contributed by atoms with Gasteiger partial charge in [0.25, 0.3) is 0 Å². The number of sulfonamides is 1. The van der Waals surface area contributed by atoms with Gasteiger partial charge in [-0.15, -0.1) is 0 Å². The number of halogens is 4. The van der Waals surface area contributed by atoms with Crippen LogP contribution in [0.2, 0.25) is 5.02 Å². The van der Waals surface area contributed by atoms with Gasteiger partial charge in [-0.1, -0.05) is 29.8 Å². The van der Waals surface area contributed by atoms with Crippen LogP contribution in [0.25, 0.3) is 10.9 Å². The summed E-state index contributed by atoms with van der Waals surface area (Å²) in [6.07, 6.45) is -4.07. The fraction of sp³-hybridized carbons (Fsp3) is 0.318. The van der Waals surface area contributed by atoms with E-state index in [9.17, 15) is 26.7 Å². The van der Waals surface area contributed by atoms with Gasteiger partial charge in [0, 0.05) is 31.6 Å². The largest absolute Gasteiger partial charge is 0.506 e. The van der Waals surface area contributed by atoms with E-state index in [1.54, 1.807) is 12.1 Å². The molecule has 2 aromatic carbocycles. The van der Waals surface area contributed by atoms with Crippen molar-refractivity contribution in [1.82, 2.24) is 14.2 Å². The number of fused-ring (bicyclic) bond motifs is 1. The number of aromatic hydroxyl groups is 1. The number of aromatic nitrogens is 1. The molecule has 2 heterocycles. The van der Waals surface area contributed by atoms with Gasteiger partial charge in [0.05, 0.1) is 16.3 Å². The molecule has 1 fully saturated rings. The van der Waals surface area contributed by atoms with Gasteiger partial charge in [0.2, 0.25) is 10.0 Å². The monoisotopic (exact) mass is 499 g/mol. The number of nitrogens with zero attached hydrogens (tertiary/aromatic N) is 3. The van der Waals surface area contributed by atoms with Crippen molar-refractivity contribution < 1.29 is 26.7 Å². The second kappa shape index (κ2) is 9.09. The second-order valence-electron chi connectivity index (χ2n) is 7.83. The van der Waals surface area contributed by atoms with Gasteiger partial charge in [-0.25, -0.2) is 13.4 Å². The minimum atomic E-state index is -4.61. The number of phenols is 1. The first-order valence-corrected chi connectivity index (χ1v) is 12.0. The summed E-state index contributed by atoms with van der Waals surface area (Å²) >= 11 is 5.93. The third-order valence-electron chi connectivity index (χ3n) is 5.57. The van der Waals surface area contributed by atoms with E-state index in [2.05, 4.69) is 9.88 Å². The highest BCUT2D eigenvalue weighted by Gasteiger charge is 2.34. The highest BCUT2D eigenvalue weighted by molar-refractivity contribution is 7.89. The Bertz CT molecular complexity index is 1280. The van der Waals surface area contributed by atoms with E-state index in [4.69, 9.17) is 11.6 Å². The first-order chi connectivity index (χ1) is 15.6. The molecule has 0 spiro atoms. The third kappa shape index (κ3) is 5.08. The van der Waals surface area contributed by atoms with E-state index in [-0.39, 0.29) is 23.7 Å². The Morgan fingerprint density at radius 3 is 2.55 bits per heavy atom. The number of pyridine rings is 1. The Hall–Kier alpha value is -2.40. The Morgan fingerprint density at radius 2 is 1.82 bits per heavy atom. The standard InChI is InChI=1S/C22H21ClF3N3O3S/c23-18-13-16(22(24,25)26)6-8-20(18)33(31,32)29-10-2-9-28(11-12-29)14-17-7-5-15-3-1-4-19(30)21(15)27-17/h1,3-8,13,30H,2,9-12,14H2. The Morgan fingerprint density at radius 1 is 1.03 bits per heavy atom. The van der Waals surface area contributed by atoms with E-state index >= 15 is 0 Å². The van der Waals surface area contributed by atoms with Crippen LogP contribution in [0.15, 0.2) is 53.4 Å². The maximum absolute atomic E-state index is 13.1. The van der Waals surface area contributed by atoms with Gasteiger partial charge in [0.1, 0.15) is 16.2 Å². The zero-order chi connectivity index (χ0) is 23.8. The molecule has 3 aromatic rings. The van der Waals surface area contributed by atoms with E-state index in [0.717, 1.165) is 23.2 Å². The first kappa shape index (κ1) is 23.7. The van der Waals surface area contributed by atoms with Crippen LogP contribution in [0.5, 0.6) is 5.75 Å². The van der Waals surface area contributed by atoms with Gasteiger partial charge < -0.3 is 5.11 Å². The van der Waals surface area contributed by atoms with Crippen LogP contribution in [0, 0.1) is 0 Å². The molecule has 6 nitrogen and oxygen atoms in total. The number of hydrogen-bond acceptors (Lipinski definition) is 5. The van der Waals surface area contributed by atoms with Crippen LogP contribution >= 0.6 is 11.6 Å². The Balaban J connectivity index is 1.48. The maximum Gasteiger partial charge on any atom is 0.416 e. The molecule has 1 aliphatic rings. The van der Waals surface area contributed by atoms with Crippen molar-refractivity contribution in [2.24, 2.45) is 0 Å². The van der Waals surface area contributed by atoms with Crippen LogP contribution in [-0.2, 0) is 22.7 Å². The predicted molar refractivity (Wildman–Crippen MR) is 119 cm³/mol. The van der Waals surface area contributed by atoms with Gasteiger partial charge in [0.15, 0.2) is 0 Å². The van der Waals surface area contributed by atoms with Crippen molar-refractivity contribution in [2.75, 3.05) is 26.2 Å². The summed E-state index contributed by atoms with van der Waals surface area (Å²) in [6.45, 7) is 1.89. The van der Waals surface area contributed by atoms with Crippen molar-refractivity contribution in [2.45, 2.75) is 24.0 Å². The molecule has 0 aliphatic carbocycles. The molecule has 1 aromatic heterocycles. The Labute approximate surface area is 194 Å². The number of rotatable bonds is 4. The van der Waals surface area contributed by atoms with Gasteiger partial charge >= 0.3 is 6.18 Å². The average molecular weight is 500 g/mol. The molecule has 33 heavy (non-hydrogen) atoms. The van der Waals surface area contributed by atoms with Crippen molar-refractivity contribution in [3.05, 3.63) is 64.8 Å². The highest BCUT2D eigenvalue weighted by atomic mass is 35.5. The third-order valence-corrected chi connectivity index (χ3v) is 7.95. The normalized spacial score (nSPS) is 16.7. The van der Waals surface area contributed by atoms with E-state index in [0.29, 0.717) is 37.6 Å². The molecule has 0 bridgehead atoms. The molecule has 0 atom stereocenters. The predicted octanol–water partition coefficient (Wildman–Crippen LogP) is 4.51. The molecule has 4 rings (SSSR count). The zero-order valence-electron chi connectivity index (χ0n) is 17.4. The quantitative estimate of drug-likeness (QED) is 0.572. The molecule has 1 N–H and O–H groups in total. The number of benzene rings is 2. The number of para-hydroxylation sites is 1. The molecule has 176 valence electrons. The van der Waals surface area contributed by atoms with Crippen LogP contribution in [0.1, 0.15) is 17.7 Å². The molecule has 11 heteroatoms. The highest BCUT2D eigenvalue weighted by Crippen LogP contribution is 2.34. The van der Waals surface area contributed by atoms with Crippen molar-refractivity contribution in [1.29, 1.82) is 0 Å². The summed E-state index contributed by atoms with van der Waals surface area (Å²) in [7, 11) is -4.05. The van der Waals surface area contributed by atoms with Crippen LogP contribution in [0.4, 0.5) is 13.2 Å². The minimum Gasteiger partial charge on any atom is -0.506 e. The SMILES string of the molecule is O=S(=O)(c1ccc(C(F)(F)F)cc1Cl)N1CCCN(Cc2ccc3cccc(O)c3n2)CC1. The molecule has 0 saturated carbocycles. The average Bonchev–Trinajstić information content (AvgIpc) is 2.99. The van der Waals surface area contributed by atoms with Crippen LogP contribution in [0.3, 0.4) is 0 Å². The summed E-state index contributed by atoms with van der Waals surface area (Å²) in [6, 6.07) is 11.2. The fourth-order valence-corrected chi connectivity index (χ4v) is 5.85. The Kier molecular flexibility index (Phi) is 6.54. The number of alkyl halides is 3. The molecule has 1 aliphatic heterocycles. The van der Waals surface area contributed by atoms with Crippen molar-refractivity contribution in [3.8, 4) is 5.75 Å².